The highest BCUT2D eigenvalue weighted by Crippen LogP contribution is 2.21. The van der Waals surface area contributed by atoms with Gasteiger partial charge in [-0.1, -0.05) is 37.1 Å². The minimum absolute atomic E-state index is 0.0802. The molecule has 28 heavy (non-hydrogen) atoms. The number of rotatable bonds is 7. The zero-order valence-corrected chi connectivity index (χ0v) is 16.6. The summed E-state index contributed by atoms with van der Waals surface area (Å²) in [6.07, 6.45) is 3.82. The average Bonchev–Trinajstić information content (AvgIpc) is 3.02. The maximum absolute atomic E-state index is 12.9. The van der Waals surface area contributed by atoms with Gasteiger partial charge in [-0.3, -0.25) is 0 Å². The summed E-state index contributed by atoms with van der Waals surface area (Å²) in [5, 5.41) is 0. The standard InChI is InChI=1S/C21H25NO5S/c23-21(27-16-15-26-19-10-4-3-5-11-19)18-9-8-12-20(17-18)28(24,25)22-13-6-1-2-7-14-22/h3-5,8-12,17H,1-2,6-7,13-16H2. The van der Waals surface area contributed by atoms with Crippen LogP contribution < -0.4 is 4.74 Å². The SMILES string of the molecule is O=C(OCCOc1ccccc1)c1cccc(S(=O)(=O)N2CCCCCC2)c1. The van der Waals surface area contributed by atoms with Crippen LogP contribution in [0.5, 0.6) is 5.75 Å². The fourth-order valence-electron chi connectivity index (χ4n) is 3.11. The predicted octanol–water partition coefficient (Wildman–Crippen LogP) is 3.49. The number of para-hydroxylation sites is 1. The van der Waals surface area contributed by atoms with E-state index in [1.165, 1.54) is 16.4 Å². The lowest BCUT2D eigenvalue weighted by atomic mass is 10.2. The molecule has 7 heteroatoms. The molecule has 6 nitrogen and oxygen atoms in total. The van der Waals surface area contributed by atoms with E-state index in [1.807, 2.05) is 30.3 Å². The monoisotopic (exact) mass is 403 g/mol. The largest absolute Gasteiger partial charge is 0.490 e. The van der Waals surface area contributed by atoms with Crippen molar-refractivity contribution in [1.29, 1.82) is 0 Å². The fraction of sp³-hybridized carbons (Fsp3) is 0.381. The Morgan fingerprint density at radius 2 is 1.61 bits per heavy atom. The molecular weight excluding hydrogens is 378 g/mol. The zero-order valence-electron chi connectivity index (χ0n) is 15.7. The van der Waals surface area contributed by atoms with Crippen LogP contribution >= 0.6 is 0 Å². The molecule has 0 bridgehead atoms. The molecular formula is C21H25NO5S. The average molecular weight is 404 g/mol. The number of esters is 1. The molecule has 2 aromatic rings. The first-order valence-electron chi connectivity index (χ1n) is 9.52. The summed E-state index contributed by atoms with van der Waals surface area (Å²) in [4.78, 5) is 12.4. The zero-order chi connectivity index (χ0) is 19.8. The van der Waals surface area contributed by atoms with Crippen LogP contribution in [-0.4, -0.2) is 45.0 Å². The second-order valence-electron chi connectivity index (χ2n) is 6.64. The van der Waals surface area contributed by atoms with E-state index in [4.69, 9.17) is 9.47 Å². The molecule has 0 unspecified atom stereocenters. The van der Waals surface area contributed by atoms with Crippen LogP contribution in [0.3, 0.4) is 0 Å². The fourth-order valence-corrected chi connectivity index (χ4v) is 4.67. The molecule has 1 heterocycles. The number of hydrogen-bond donors (Lipinski definition) is 0. The molecule has 2 aromatic carbocycles. The van der Waals surface area contributed by atoms with Gasteiger partial charge >= 0.3 is 5.97 Å². The number of carbonyl (C=O) groups is 1. The maximum Gasteiger partial charge on any atom is 0.338 e. The van der Waals surface area contributed by atoms with Gasteiger partial charge in [0.15, 0.2) is 0 Å². The van der Waals surface area contributed by atoms with Crippen LogP contribution in [-0.2, 0) is 14.8 Å². The number of benzene rings is 2. The lowest BCUT2D eigenvalue weighted by molar-refractivity contribution is 0.0450. The van der Waals surface area contributed by atoms with E-state index in [2.05, 4.69) is 0 Å². The van der Waals surface area contributed by atoms with Crippen LogP contribution in [0.1, 0.15) is 36.0 Å². The quantitative estimate of drug-likeness (QED) is 0.523. The van der Waals surface area contributed by atoms with Gasteiger partial charge in [0.2, 0.25) is 10.0 Å². The summed E-state index contributed by atoms with van der Waals surface area (Å²) in [7, 11) is -3.60. The molecule has 0 aromatic heterocycles. The smallest absolute Gasteiger partial charge is 0.338 e. The van der Waals surface area contributed by atoms with Crippen LogP contribution in [0.4, 0.5) is 0 Å². The normalized spacial score (nSPS) is 15.6. The molecule has 150 valence electrons. The van der Waals surface area contributed by atoms with Gasteiger partial charge in [-0.05, 0) is 43.2 Å². The molecule has 0 atom stereocenters. The molecule has 0 aliphatic carbocycles. The Hall–Kier alpha value is -2.38. The van der Waals surface area contributed by atoms with Crippen LogP contribution in [0, 0.1) is 0 Å². The number of hydrogen-bond acceptors (Lipinski definition) is 5. The van der Waals surface area contributed by atoms with E-state index < -0.39 is 16.0 Å². The summed E-state index contributed by atoms with van der Waals surface area (Å²) in [5.41, 5.74) is 0.218. The molecule has 1 saturated heterocycles. The molecule has 1 aliphatic heterocycles. The van der Waals surface area contributed by atoms with Crippen molar-refractivity contribution in [3.63, 3.8) is 0 Å². The molecule has 0 N–H and O–H groups in total. The summed E-state index contributed by atoms with van der Waals surface area (Å²) in [5.74, 6) is 0.133. The predicted molar refractivity (Wildman–Crippen MR) is 106 cm³/mol. The van der Waals surface area contributed by atoms with Gasteiger partial charge < -0.3 is 9.47 Å². The molecule has 1 fully saturated rings. The number of nitrogens with zero attached hydrogens (tertiary/aromatic N) is 1. The Morgan fingerprint density at radius 1 is 0.893 bits per heavy atom. The Labute approximate surface area is 166 Å². The molecule has 0 spiro atoms. The second-order valence-corrected chi connectivity index (χ2v) is 8.58. The van der Waals surface area contributed by atoms with Gasteiger partial charge in [0.05, 0.1) is 10.5 Å². The second kappa shape index (κ2) is 9.71. The summed E-state index contributed by atoms with van der Waals surface area (Å²) in [6.45, 7) is 1.35. The van der Waals surface area contributed by atoms with Gasteiger partial charge in [-0.2, -0.15) is 4.31 Å². The first-order chi connectivity index (χ1) is 13.6. The lowest BCUT2D eigenvalue weighted by Gasteiger charge is -2.20. The Kier molecular flexibility index (Phi) is 7.06. The van der Waals surface area contributed by atoms with E-state index in [1.54, 1.807) is 12.1 Å². The number of ether oxygens (including phenoxy) is 2. The third kappa shape index (κ3) is 5.33. The van der Waals surface area contributed by atoms with Crippen LogP contribution in [0.25, 0.3) is 0 Å². The van der Waals surface area contributed by atoms with E-state index in [-0.39, 0.29) is 23.7 Å². The summed E-state index contributed by atoms with van der Waals surface area (Å²) in [6, 6.07) is 15.3. The van der Waals surface area contributed by atoms with E-state index in [9.17, 15) is 13.2 Å². The molecule has 0 saturated carbocycles. The van der Waals surface area contributed by atoms with Gasteiger partial charge in [-0.25, -0.2) is 13.2 Å². The van der Waals surface area contributed by atoms with Crippen LogP contribution in [0.2, 0.25) is 0 Å². The molecule has 0 amide bonds. The van der Waals surface area contributed by atoms with Crippen molar-refractivity contribution in [1.82, 2.24) is 4.31 Å². The Balaban J connectivity index is 1.59. The van der Waals surface area contributed by atoms with Crippen molar-refractivity contribution in [2.75, 3.05) is 26.3 Å². The first kappa shape index (κ1) is 20.4. The Morgan fingerprint density at radius 3 is 2.32 bits per heavy atom. The molecule has 0 radical (unpaired) electrons. The third-order valence-electron chi connectivity index (χ3n) is 4.60. The van der Waals surface area contributed by atoms with Gasteiger partial charge in [0, 0.05) is 13.1 Å². The van der Waals surface area contributed by atoms with E-state index in [0.717, 1.165) is 25.7 Å². The number of carbonyl (C=O) groups excluding carboxylic acids is 1. The van der Waals surface area contributed by atoms with Crippen molar-refractivity contribution in [2.45, 2.75) is 30.6 Å². The van der Waals surface area contributed by atoms with Gasteiger partial charge in [0.1, 0.15) is 19.0 Å². The lowest BCUT2D eigenvalue weighted by Crippen LogP contribution is -2.32. The highest BCUT2D eigenvalue weighted by molar-refractivity contribution is 7.89. The van der Waals surface area contributed by atoms with Crippen molar-refractivity contribution >= 4 is 16.0 Å². The number of sulfonamides is 1. The topological polar surface area (TPSA) is 72.9 Å². The van der Waals surface area contributed by atoms with Gasteiger partial charge in [-0.15, -0.1) is 0 Å². The van der Waals surface area contributed by atoms with E-state index >= 15 is 0 Å². The first-order valence-corrected chi connectivity index (χ1v) is 11.0. The summed E-state index contributed by atoms with van der Waals surface area (Å²) < 4.78 is 38.0. The van der Waals surface area contributed by atoms with Gasteiger partial charge in [0.25, 0.3) is 0 Å². The molecule has 1 aliphatic rings. The third-order valence-corrected chi connectivity index (χ3v) is 6.50. The van der Waals surface area contributed by atoms with Crippen molar-refractivity contribution in [2.24, 2.45) is 0 Å². The van der Waals surface area contributed by atoms with Crippen molar-refractivity contribution in [3.05, 3.63) is 60.2 Å². The minimum atomic E-state index is -3.60. The Bertz CT molecular complexity index is 875. The molecule has 3 rings (SSSR count). The summed E-state index contributed by atoms with van der Waals surface area (Å²) >= 11 is 0. The van der Waals surface area contributed by atoms with Crippen molar-refractivity contribution < 1.29 is 22.7 Å². The van der Waals surface area contributed by atoms with E-state index in [0.29, 0.717) is 18.8 Å². The highest BCUT2D eigenvalue weighted by atomic mass is 32.2. The maximum atomic E-state index is 12.9. The minimum Gasteiger partial charge on any atom is -0.490 e. The highest BCUT2D eigenvalue weighted by Gasteiger charge is 2.26. The van der Waals surface area contributed by atoms with Crippen molar-refractivity contribution in [3.8, 4) is 5.75 Å². The van der Waals surface area contributed by atoms with Crippen LogP contribution in [0.15, 0.2) is 59.5 Å².